The summed E-state index contributed by atoms with van der Waals surface area (Å²) in [6.07, 6.45) is 9.84. The first kappa shape index (κ1) is 14.0. The molecule has 0 radical (unpaired) electrons. The highest BCUT2D eigenvalue weighted by molar-refractivity contribution is 7.99. The van der Waals surface area contributed by atoms with Crippen LogP contribution in [0.4, 0.5) is 4.79 Å². The molecule has 2 fully saturated rings. The summed E-state index contributed by atoms with van der Waals surface area (Å²) in [6, 6.07) is 0.867. The molecule has 0 spiro atoms. The van der Waals surface area contributed by atoms with E-state index in [1.807, 2.05) is 11.8 Å². The second-order valence-electron chi connectivity index (χ2n) is 5.48. The summed E-state index contributed by atoms with van der Waals surface area (Å²) in [4.78, 5) is 12.0. The van der Waals surface area contributed by atoms with Gasteiger partial charge in [0, 0.05) is 17.3 Å². The molecule has 0 aromatic rings. The van der Waals surface area contributed by atoms with Crippen LogP contribution in [0.1, 0.15) is 58.3 Å². The Morgan fingerprint density at radius 2 is 1.83 bits per heavy atom. The Labute approximate surface area is 115 Å². The van der Waals surface area contributed by atoms with E-state index < -0.39 is 0 Å². The van der Waals surface area contributed by atoms with Crippen LogP contribution in [0, 0.1) is 0 Å². The van der Waals surface area contributed by atoms with Crippen molar-refractivity contribution in [2.24, 2.45) is 0 Å². The number of urea groups is 1. The van der Waals surface area contributed by atoms with Crippen LogP contribution in [0.2, 0.25) is 0 Å². The zero-order chi connectivity index (χ0) is 12.8. The molecule has 3 nitrogen and oxygen atoms in total. The van der Waals surface area contributed by atoms with E-state index in [4.69, 9.17) is 0 Å². The van der Waals surface area contributed by atoms with Gasteiger partial charge in [-0.15, -0.1) is 0 Å². The molecular weight excluding hydrogens is 244 g/mol. The van der Waals surface area contributed by atoms with E-state index >= 15 is 0 Å². The number of amides is 2. The molecule has 0 heterocycles. The van der Waals surface area contributed by atoms with E-state index in [2.05, 4.69) is 17.6 Å². The van der Waals surface area contributed by atoms with Crippen LogP contribution in [0.15, 0.2) is 0 Å². The van der Waals surface area contributed by atoms with Crippen molar-refractivity contribution in [3.8, 4) is 0 Å². The second-order valence-corrected chi connectivity index (χ2v) is 7.00. The molecule has 2 amide bonds. The summed E-state index contributed by atoms with van der Waals surface area (Å²) in [5, 5.41) is 6.97. The Morgan fingerprint density at radius 1 is 1.06 bits per heavy atom. The van der Waals surface area contributed by atoms with Crippen LogP contribution in [-0.4, -0.2) is 29.1 Å². The lowest BCUT2D eigenvalue weighted by Gasteiger charge is -2.25. The van der Waals surface area contributed by atoms with E-state index in [1.54, 1.807) is 0 Å². The average molecular weight is 270 g/mol. The summed E-state index contributed by atoms with van der Waals surface area (Å²) in [7, 11) is 0. The summed E-state index contributed by atoms with van der Waals surface area (Å²) in [6.45, 7) is 2.20. The molecule has 0 aromatic carbocycles. The Bertz CT molecular complexity index is 267. The smallest absolute Gasteiger partial charge is 0.315 e. The predicted molar refractivity (Wildman–Crippen MR) is 78.1 cm³/mol. The summed E-state index contributed by atoms with van der Waals surface area (Å²) >= 11 is 1.99. The third-order valence-corrected chi connectivity index (χ3v) is 5.42. The van der Waals surface area contributed by atoms with Gasteiger partial charge in [0.1, 0.15) is 0 Å². The lowest BCUT2D eigenvalue weighted by Crippen LogP contribution is -2.48. The topological polar surface area (TPSA) is 41.1 Å². The molecule has 0 aliphatic heterocycles. The SMILES string of the molecule is CCSC1CCCC1NC(=O)NC1CCCCC1. The molecule has 2 aliphatic rings. The van der Waals surface area contributed by atoms with Gasteiger partial charge in [-0.25, -0.2) is 4.79 Å². The van der Waals surface area contributed by atoms with Crippen molar-refractivity contribution in [3.05, 3.63) is 0 Å². The van der Waals surface area contributed by atoms with E-state index in [0.29, 0.717) is 17.3 Å². The molecule has 2 aliphatic carbocycles. The highest BCUT2D eigenvalue weighted by Gasteiger charge is 2.28. The molecule has 4 heteroatoms. The maximum Gasteiger partial charge on any atom is 0.315 e. The molecule has 2 saturated carbocycles. The number of hydrogen-bond donors (Lipinski definition) is 2. The average Bonchev–Trinajstić information content (AvgIpc) is 2.78. The Balaban J connectivity index is 1.72. The number of hydrogen-bond acceptors (Lipinski definition) is 2. The largest absolute Gasteiger partial charge is 0.335 e. The third-order valence-electron chi connectivity index (χ3n) is 4.09. The minimum absolute atomic E-state index is 0.0653. The zero-order valence-electron chi connectivity index (χ0n) is 11.4. The Hall–Kier alpha value is -0.380. The van der Waals surface area contributed by atoms with Crippen LogP contribution in [0.3, 0.4) is 0 Å². The molecule has 2 atom stereocenters. The number of thioether (sulfide) groups is 1. The van der Waals surface area contributed by atoms with Gasteiger partial charge in [0.2, 0.25) is 0 Å². The van der Waals surface area contributed by atoms with Crippen molar-refractivity contribution in [3.63, 3.8) is 0 Å². The number of carbonyl (C=O) groups is 1. The van der Waals surface area contributed by atoms with Crippen LogP contribution in [-0.2, 0) is 0 Å². The minimum atomic E-state index is 0.0653. The first-order valence-electron chi connectivity index (χ1n) is 7.48. The lowest BCUT2D eigenvalue weighted by molar-refractivity contribution is 0.229. The molecule has 2 rings (SSSR count). The van der Waals surface area contributed by atoms with Gasteiger partial charge < -0.3 is 10.6 Å². The van der Waals surface area contributed by atoms with E-state index in [0.717, 1.165) is 25.0 Å². The van der Waals surface area contributed by atoms with Gasteiger partial charge >= 0.3 is 6.03 Å². The van der Waals surface area contributed by atoms with E-state index in [1.165, 1.54) is 32.1 Å². The van der Waals surface area contributed by atoms with Crippen molar-refractivity contribution in [2.45, 2.75) is 75.6 Å². The van der Waals surface area contributed by atoms with Crippen LogP contribution < -0.4 is 10.6 Å². The van der Waals surface area contributed by atoms with Gasteiger partial charge in [0.15, 0.2) is 0 Å². The van der Waals surface area contributed by atoms with Crippen LogP contribution in [0.25, 0.3) is 0 Å². The quantitative estimate of drug-likeness (QED) is 0.823. The second kappa shape index (κ2) is 7.27. The molecular formula is C14H26N2OS. The maximum atomic E-state index is 12.0. The lowest BCUT2D eigenvalue weighted by atomic mass is 9.96. The highest BCUT2D eigenvalue weighted by Crippen LogP contribution is 2.29. The number of rotatable bonds is 4. The first-order chi connectivity index (χ1) is 8.79. The van der Waals surface area contributed by atoms with Crippen molar-refractivity contribution >= 4 is 17.8 Å². The first-order valence-corrected chi connectivity index (χ1v) is 8.53. The molecule has 2 unspecified atom stereocenters. The molecule has 0 aromatic heterocycles. The summed E-state index contributed by atoms with van der Waals surface area (Å²) < 4.78 is 0. The van der Waals surface area contributed by atoms with Gasteiger partial charge in [-0.2, -0.15) is 11.8 Å². The number of carbonyl (C=O) groups excluding carboxylic acids is 1. The molecule has 0 bridgehead atoms. The molecule has 18 heavy (non-hydrogen) atoms. The predicted octanol–water partition coefficient (Wildman–Crippen LogP) is 3.29. The van der Waals surface area contributed by atoms with Crippen molar-refractivity contribution in [2.75, 3.05) is 5.75 Å². The fraction of sp³-hybridized carbons (Fsp3) is 0.929. The fourth-order valence-electron chi connectivity index (χ4n) is 3.15. The van der Waals surface area contributed by atoms with Gasteiger partial charge in [0.25, 0.3) is 0 Å². The van der Waals surface area contributed by atoms with Crippen LogP contribution >= 0.6 is 11.8 Å². The van der Waals surface area contributed by atoms with Gasteiger partial charge in [-0.05, 0) is 31.4 Å². The van der Waals surface area contributed by atoms with Crippen molar-refractivity contribution in [1.82, 2.24) is 10.6 Å². The Kier molecular flexibility index (Phi) is 5.67. The number of nitrogens with one attached hydrogen (secondary N) is 2. The van der Waals surface area contributed by atoms with E-state index in [-0.39, 0.29) is 6.03 Å². The zero-order valence-corrected chi connectivity index (χ0v) is 12.2. The van der Waals surface area contributed by atoms with Gasteiger partial charge in [-0.1, -0.05) is 32.6 Å². The normalized spacial score (nSPS) is 29.2. The summed E-state index contributed by atoms with van der Waals surface area (Å²) in [5.41, 5.74) is 0. The third kappa shape index (κ3) is 4.08. The monoisotopic (exact) mass is 270 g/mol. The van der Waals surface area contributed by atoms with Gasteiger partial charge in [-0.3, -0.25) is 0 Å². The van der Waals surface area contributed by atoms with Crippen molar-refractivity contribution < 1.29 is 4.79 Å². The molecule has 104 valence electrons. The minimum Gasteiger partial charge on any atom is -0.335 e. The Morgan fingerprint density at radius 3 is 2.56 bits per heavy atom. The molecule has 2 N–H and O–H groups in total. The van der Waals surface area contributed by atoms with Crippen molar-refractivity contribution in [1.29, 1.82) is 0 Å². The highest BCUT2D eigenvalue weighted by atomic mass is 32.2. The van der Waals surface area contributed by atoms with Gasteiger partial charge in [0.05, 0.1) is 0 Å². The fourth-order valence-corrected chi connectivity index (χ4v) is 4.34. The van der Waals surface area contributed by atoms with E-state index in [9.17, 15) is 4.79 Å². The molecule has 0 saturated heterocycles. The van der Waals surface area contributed by atoms with Crippen LogP contribution in [0.5, 0.6) is 0 Å². The maximum absolute atomic E-state index is 12.0. The standard InChI is InChI=1S/C14H26N2OS/c1-2-18-13-10-6-9-12(13)16-14(17)15-11-7-4-3-5-8-11/h11-13H,2-10H2,1H3,(H2,15,16,17). The summed E-state index contributed by atoms with van der Waals surface area (Å²) in [5.74, 6) is 1.15.